The Kier molecular flexibility index (Phi) is 6.93. The number of para-hydroxylation sites is 1. The first kappa shape index (κ1) is 22.8. The van der Waals surface area contributed by atoms with E-state index >= 15 is 0 Å². The van der Waals surface area contributed by atoms with E-state index in [0.717, 1.165) is 43.7 Å². The van der Waals surface area contributed by atoms with Gasteiger partial charge in [-0.25, -0.2) is 19.3 Å². The molecule has 1 fully saturated rings. The summed E-state index contributed by atoms with van der Waals surface area (Å²) >= 11 is 0. The molecule has 0 spiro atoms. The predicted octanol–water partition coefficient (Wildman–Crippen LogP) is 4.36. The van der Waals surface area contributed by atoms with E-state index in [4.69, 9.17) is 4.98 Å². The normalized spacial score (nSPS) is 16.4. The van der Waals surface area contributed by atoms with E-state index in [1.807, 2.05) is 31.3 Å². The van der Waals surface area contributed by atoms with Gasteiger partial charge in [0.2, 0.25) is 0 Å². The number of aryl methyl sites for hydroxylation is 1. The van der Waals surface area contributed by atoms with Gasteiger partial charge in [-0.05, 0) is 44.5 Å². The van der Waals surface area contributed by atoms with Crippen LogP contribution < -0.4 is 10.2 Å². The molecule has 1 saturated heterocycles. The topological polar surface area (TPSA) is 74.2 Å². The maximum atomic E-state index is 13.9. The lowest BCUT2D eigenvalue weighted by molar-refractivity contribution is 0.102. The molecule has 3 heterocycles. The summed E-state index contributed by atoms with van der Waals surface area (Å²) in [5.41, 5.74) is 2.21. The number of halogens is 1. The Morgan fingerprint density at radius 2 is 2.00 bits per heavy atom. The smallest absolute Gasteiger partial charge is 0.259 e. The highest BCUT2D eigenvalue weighted by Crippen LogP contribution is 2.32. The molecular weight excluding hydrogens is 419 g/mol. The molecule has 3 aromatic rings. The number of anilines is 2. The molecule has 4 rings (SSSR count). The average Bonchev–Trinajstić information content (AvgIpc) is 2.81. The van der Waals surface area contributed by atoms with Gasteiger partial charge in [-0.1, -0.05) is 24.6 Å². The molecule has 1 N–H and O–H groups in total. The fourth-order valence-electron chi connectivity index (χ4n) is 4.27. The number of hydrogen-bond donors (Lipinski definition) is 1. The first-order chi connectivity index (χ1) is 15.9. The molecule has 0 bridgehead atoms. The lowest BCUT2D eigenvalue weighted by Gasteiger charge is -2.35. The van der Waals surface area contributed by atoms with E-state index in [0.29, 0.717) is 17.1 Å². The third kappa shape index (κ3) is 5.17. The van der Waals surface area contributed by atoms with Crippen LogP contribution in [0.25, 0.3) is 0 Å². The number of carbonyl (C=O) groups is 1. The Bertz CT molecular complexity index is 1140. The van der Waals surface area contributed by atoms with Crippen molar-refractivity contribution in [1.82, 2.24) is 19.9 Å². The fraction of sp³-hybridized carbons (Fsp3) is 0.360. The van der Waals surface area contributed by atoms with Crippen molar-refractivity contribution in [1.29, 1.82) is 0 Å². The largest absolute Gasteiger partial charge is 0.362 e. The summed E-state index contributed by atoms with van der Waals surface area (Å²) < 4.78 is 13.9. The fourth-order valence-corrected chi connectivity index (χ4v) is 4.27. The van der Waals surface area contributed by atoms with E-state index in [-0.39, 0.29) is 11.7 Å². The summed E-state index contributed by atoms with van der Waals surface area (Å²) in [5.74, 6) is 0.769. The average molecular weight is 449 g/mol. The number of carbonyl (C=O) groups excluding carboxylic acids is 1. The van der Waals surface area contributed by atoms with Gasteiger partial charge in [0, 0.05) is 38.6 Å². The Balaban J connectivity index is 1.54. The molecule has 8 heteroatoms. The Morgan fingerprint density at radius 3 is 2.76 bits per heavy atom. The molecule has 0 unspecified atom stereocenters. The van der Waals surface area contributed by atoms with Crippen LogP contribution in [-0.2, 0) is 6.54 Å². The number of rotatable bonds is 6. The van der Waals surface area contributed by atoms with Crippen LogP contribution in [0.3, 0.4) is 0 Å². The zero-order valence-corrected chi connectivity index (χ0v) is 19.3. The first-order valence-corrected chi connectivity index (χ1v) is 11.2. The standard InChI is InChI=1S/C25H29FN6O/c1-17-19(25(33)30-21-11-5-4-10-20(21)26)15-28-23(29-17)22-12-6-7-14-32(22)16-18-9-8-13-27-24(18)31(2)3/h4-5,8-11,13,15,22H,6-7,12,14,16H2,1-3H3,(H,30,33)/t22-/m0/s1. The van der Waals surface area contributed by atoms with Crippen LogP contribution in [-0.4, -0.2) is 46.4 Å². The molecule has 1 aliphatic rings. The van der Waals surface area contributed by atoms with Crippen LogP contribution in [0.15, 0.2) is 48.8 Å². The number of hydrogen-bond acceptors (Lipinski definition) is 6. The highest BCUT2D eigenvalue weighted by molar-refractivity contribution is 6.04. The molecule has 1 atom stereocenters. The van der Waals surface area contributed by atoms with Crippen molar-refractivity contribution in [2.45, 2.75) is 38.8 Å². The molecule has 0 radical (unpaired) electrons. The number of aromatic nitrogens is 3. The maximum absolute atomic E-state index is 13.9. The predicted molar refractivity (Wildman–Crippen MR) is 127 cm³/mol. The highest BCUT2D eigenvalue weighted by atomic mass is 19.1. The van der Waals surface area contributed by atoms with Gasteiger partial charge in [0.1, 0.15) is 17.5 Å². The zero-order valence-electron chi connectivity index (χ0n) is 19.3. The minimum atomic E-state index is -0.480. The lowest BCUT2D eigenvalue weighted by atomic mass is 10.00. The molecule has 1 aromatic carbocycles. The summed E-state index contributed by atoms with van der Waals surface area (Å²) in [7, 11) is 3.99. The molecule has 2 aromatic heterocycles. The third-order valence-electron chi connectivity index (χ3n) is 5.94. The van der Waals surface area contributed by atoms with Gasteiger partial charge < -0.3 is 10.2 Å². The van der Waals surface area contributed by atoms with Crippen molar-refractivity contribution in [3.8, 4) is 0 Å². The minimum Gasteiger partial charge on any atom is -0.362 e. The number of nitrogens with zero attached hydrogens (tertiary/aromatic N) is 5. The van der Waals surface area contributed by atoms with Gasteiger partial charge >= 0.3 is 0 Å². The summed E-state index contributed by atoms with van der Waals surface area (Å²) in [4.78, 5) is 30.9. The monoisotopic (exact) mass is 448 g/mol. The summed E-state index contributed by atoms with van der Waals surface area (Å²) in [6, 6.07) is 10.2. The maximum Gasteiger partial charge on any atom is 0.259 e. The van der Waals surface area contributed by atoms with Crippen LogP contribution in [0.4, 0.5) is 15.9 Å². The third-order valence-corrected chi connectivity index (χ3v) is 5.94. The Morgan fingerprint density at radius 1 is 1.18 bits per heavy atom. The Hall–Kier alpha value is -3.39. The van der Waals surface area contributed by atoms with Gasteiger partial charge in [0.05, 0.1) is 23.0 Å². The molecule has 7 nitrogen and oxygen atoms in total. The SMILES string of the molecule is Cc1nc([C@@H]2CCCCN2Cc2cccnc2N(C)C)ncc1C(=O)Nc1ccccc1F. The molecule has 172 valence electrons. The van der Waals surface area contributed by atoms with Crippen molar-refractivity contribution in [2.75, 3.05) is 30.9 Å². The highest BCUT2D eigenvalue weighted by Gasteiger charge is 2.28. The van der Waals surface area contributed by atoms with Crippen molar-refractivity contribution >= 4 is 17.4 Å². The summed E-state index contributed by atoms with van der Waals surface area (Å²) in [6.45, 7) is 3.49. The molecule has 1 amide bonds. The van der Waals surface area contributed by atoms with E-state index < -0.39 is 11.7 Å². The second-order valence-electron chi connectivity index (χ2n) is 8.52. The van der Waals surface area contributed by atoms with Crippen molar-refractivity contribution < 1.29 is 9.18 Å². The van der Waals surface area contributed by atoms with Gasteiger partial charge in [-0.3, -0.25) is 9.69 Å². The molecule has 1 aliphatic heterocycles. The number of piperidine rings is 1. The van der Waals surface area contributed by atoms with Crippen molar-refractivity contribution in [3.63, 3.8) is 0 Å². The van der Waals surface area contributed by atoms with Crippen LogP contribution in [0.1, 0.15) is 52.7 Å². The molecule has 0 aliphatic carbocycles. The second-order valence-corrected chi connectivity index (χ2v) is 8.52. The summed E-state index contributed by atoms with van der Waals surface area (Å²) in [6.07, 6.45) is 6.54. The van der Waals surface area contributed by atoms with Crippen LogP contribution in [0.2, 0.25) is 0 Å². The van der Waals surface area contributed by atoms with Crippen molar-refractivity contribution in [3.05, 3.63) is 77.3 Å². The van der Waals surface area contributed by atoms with Crippen molar-refractivity contribution in [2.24, 2.45) is 0 Å². The van der Waals surface area contributed by atoms with E-state index in [1.54, 1.807) is 25.3 Å². The zero-order chi connectivity index (χ0) is 23.4. The quantitative estimate of drug-likeness (QED) is 0.604. The first-order valence-electron chi connectivity index (χ1n) is 11.2. The number of benzene rings is 1. The number of amides is 1. The minimum absolute atomic E-state index is 0.0661. The van der Waals surface area contributed by atoms with Crippen LogP contribution >= 0.6 is 0 Å². The van der Waals surface area contributed by atoms with Crippen LogP contribution in [0, 0.1) is 12.7 Å². The number of nitrogens with one attached hydrogen (secondary N) is 1. The second kappa shape index (κ2) is 10.0. The van der Waals surface area contributed by atoms with E-state index in [2.05, 4.69) is 26.3 Å². The van der Waals surface area contributed by atoms with Gasteiger partial charge in [0.25, 0.3) is 5.91 Å². The summed E-state index contributed by atoms with van der Waals surface area (Å²) in [5, 5.41) is 2.61. The van der Waals surface area contributed by atoms with E-state index in [9.17, 15) is 9.18 Å². The Labute approximate surface area is 193 Å². The lowest BCUT2D eigenvalue weighted by Crippen LogP contribution is -2.34. The van der Waals surface area contributed by atoms with E-state index in [1.165, 1.54) is 12.1 Å². The molecular formula is C25H29FN6O. The number of pyridine rings is 1. The van der Waals surface area contributed by atoms with Gasteiger partial charge in [-0.15, -0.1) is 0 Å². The molecule has 33 heavy (non-hydrogen) atoms. The molecule has 0 saturated carbocycles. The van der Waals surface area contributed by atoms with Gasteiger partial charge in [-0.2, -0.15) is 0 Å². The van der Waals surface area contributed by atoms with Gasteiger partial charge in [0.15, 0.2) is 0 Å². The number of likely N-dealkylation sites (tertiary alicyclic amines) is 1. The van der Waals surface area contributed by atoms with Crippen LogP contribution in [0.5, 0.6) is 0 Å².